The van der Waals surface area contributed by atoms with E-state index in [-0.39, 0.29) is 17.2 Å². The summed E-state index contributed by atoms with van der Waals surface area (Å²) in [7, 11) is 0. The monoisotopic (exact) mass is 301 g/mol. The summed E-state index contributed by atoms with van der Waals surface area (Å²) in [6.07, 6.45) is 1.19. The largest absolute Gasteiger partial charge is 0.463 e. The molecule has 0 aliphatic heterocycles. The van der Waals surface area contributed by atoms with Gasteiger partial charge in [-0.05, 0) is 32.0 Å². The molecule has 0 heterocycles. The fourth-order valence-electron chi connectivity index (χ4n) is 1.31. The van der Waals surface area contributed by atoms with E-state index in [0.717, 1.165) is 0 Å². The second-order valence-electron chi connectivity index (χ2n) is 3.66. The molecule has 0 unspecified atom stereocenters. The van der Waals surface area contributed by atoms with Crippen LogP contribution in [0.25, 0.3) is 0 Å². The van der Waals surface area contributed by atoms with E-state index >= 15 is 0 Å². The summed E-state index contributed by atoms with van der Waals surface area (Å²) in [6, 6.07) is 4.57. The first-order valence-electron chi connectivity index (χ1n) is 5.55. The summed E-state index contributed by atoms with van der Waals surface area (Å²) in [5, 5.41) is 3.22. The number of hydrogen-bond acceptors (Lipinski definition) is 3. The molecule has 0 atom stereocenters. The SMILES string of the molecule is CCOC(=O)C=C(C)NC(=O)c1cc(Cl)ccc1Cl. The molecule has 1 amide bonds. The Morgan fingerprint density at radius 2 is 2.05 bits per heavy atom. The van der Waals surface area contributed by atoms with Crippen molar-refractivity contribution in [2.24, 2.45) is 0 Å². The van der Waals surface area contributed by atoms with Gasteiger partial charge in [-0.1, -0.05) is 23.2 Å². The van der Waals surface area contributed by atoms with Gasteiger partial charge < -0.3 is 10.1 Å². The van der Waals surface area contributed by atoms with Crippen LogP contribution in [0, 0.1) is 0 Å². The van der Waals surface area contributed by atoms with Gasteiger partial charge in [0, 0.05) is 16.8 Å². The number of esters is 1. The highest BCUT2D eigenvalue weighted by Gasteiger charge is 2.11. The predicted octanol–water partition coefficient (Wildman–Crippen LogP) is 3.19. The fraction of sp³-hybridized carbons (Fsp3) is 0.231. The van der Waals surface area contributed by atoms with Crippen molar-refractivity contribution in [3.8, 4) is 0 Å². The molecule has 0 bridgehead atoms. The number of ether oxygens (including phenoxy) is 1. The molecule has 0 radical (unpaired) electrons. The van der Waals surface area contributed by atoms with E-state index in [1.807, 2.05) is 0 Å². The summed E-state index contributed by atoms with van der Waals surface area (Å²) in [5.41, 5.74) is 0.602. The lowest BCUT2D eigenvalue weighted by atomic mass is 10.2. The van der Waals surface area contributed by atoms with E-state index in [0.29, 0.717) is 10.7 Å². The van der Waals surface area contributed by atoms with Crippen LogP contribution in [0.3, 0.4) is 0 Å². The molecule has 1 aromatic carbocycles. The van der Waals surface area contributed by atoms with Crippen molar-refractivity contribution in [3.05, 3.63) is 45.6 Å². The van der Waals surface area contributed by atoms with Crippen molar-refractivity contribution in [1.29, 1.82) is 0 Å². The third-order valence-electron chi connectivity index (χ3n) is 2.10. The molecule has 1 N–H and O–H groups in total. The van der Waals surface area contributed by atoms with E-state index in [2.05, 4.69) is 5.32 Å². The van der Waals surface area contributed by atoms with Gasteiger partial charge in [0.2, 0.25) is 0 Å². The molecule has 0 saturated heterocycles. The van der Waals surface area contributed by atoms with Crippen molar-refractivity contribution in [2.45, 2.75) is 13.8 Å². The minimum atomic E-state index is -0.516. The van der Waals surface area contributed by atoms with Crippen LogP contribution >= 0.6 is 23.2 Å². The topological polar surface area (TPSA) is 55.4 Å². The number of rotatable bonds is 4. The Kier molecular flexibility index (Phi) is 5.86. The van der Waals surface area contributed by atoms with Gasteiger partial charge in [0.15, 0.2) is 0 Å². The minimum Gasteiger partial charge on any atom is -0.463 e. The standard InChI is InChI=1S/C13H13Cl2NO3/c1-3-19-12(17)6-8(2)16-13(18)10-7-9(14)4-5-11(10)15/h4-7H,3H2,1-2H3,(H,16,18). The molecular formula is C13H13Cl2NO3. The Balaban J connectivity index is 2.79. The molecule has 0 fully saturated rings. The summed E-state index contributed by atoms with van der Waals surface area (Å²) in [6.45, 7) is 3.55. The van der Waals surface area contributed by atoms with Crippen LogP contribution in [0.2, 0.25) is 10.0 Å². The normalized spacial score (nSPS) is 11.1. The molecular weight excluding hydrogens is 289 g/mol. The number of carbonyl (C=O) groups excluding carboxylic acids is 2. The Labute approximate surface area is 121 Å². The van der Waals surface area contributed by atoms with Crippen LogP contribution < -0.4 is 5.32 Å². The van der Waals surface area contributed by atoms with Gasteiger partial charge in [0.05, 0.1) is 17.2 Å². The predicted molar refractivity (Wildman–Crippen MR) is 74.3 cm³/mol. The summed E-state index contributed by atoms with van der Waals surface area (Å²) >= 11 is 11.7. The van der Waals surface area contributed by atoms with Crippen LogP contribution in [0.15, 0.2) is 30.0 Å². The molecule has 1 aromatic rings. The highest BCUT2D eigenvalue weighted by molar-refractivity contribution is 6.35. The Bertz CT molecular complexity index is 527. The van der Waals surface area contributed by atoms with Gasteiger partial charge >= 0.3 is 5.97 Å². The molecule has 102 valence electrons. The Hall–Kier alpha value is -1.52. The molecule has 0 aliphatic carbocycles. The van der Waals surface area contributed by atoms with E-state index in [1.54, 1.807) is 19.9 Å². The second kappa shape index (κ2) is 7.16. The van der Waals surface area contributed by atoms with Crippen molar-refractivity contribution < 1.29 is 14.3 Å². The third kappa shape index (κ3) is 4.93. The zero-order valence-electron chi connectivity index (χ0n) is 10.5. The average Bonchev–Trinajstić information content (AvgIpc) is 2.32. The summed E-state index contributed by atoms with van der Waals surface area (Å²) < 4.78 is 4.73. The van der Waals surface area contributed by atoms with E-state index in [1.165, 1.54) is 18.2 Å². The lowest BCUT2D eigenvalue weighted by Gasteiger charge is -2.07. The van der Waals surface area contributed by atoms with Gasteiger partial charge in [-0.25, -0.2) is 4.79 Å². The van der Waals surface area contributed by atoms with E-state index < -0.39 is 11.9 Å². The molecule has 4 nitrogen and oxygen atoms in total. The van der Waals surface area contributed by atoms with Crippen LogP contribution in [0.1, 0.15) is 24.2 Å². The van der Waals surface area contributed by atoms with Gasteiger partial charge in [-0.2, -0.15) is 0 Å². The molecule has 6 heteroatoms. The first-order chi connectivity index (χ1) is 8.93. The van der Waals surface area contributed by atoms with Crippen LogP contribution in [-0.4, -0.2) is 18.5 Å². The van der Waals surface area contributed by atoms with Gasteiger partial charge in [-0.15, -0.1) is 0 Å². The fourth-order valence-corrected chi connectivity index (χ4v) is 1.69. The van der Waals surface area contributed by atoms with Gasteiger partial charge in [0.1, 0.15) is 0 Å². The second-order valence-corrected chi connectivity index (χ2v) is 4.50. The van der Waals surface area contributed by atoms with Crippen molar-refractivity contribution in [3.63, 3.8) is 0 Å². The average molecular weight is 302 g/mol. The molecule has 1 rings (SSSR count). The van der Waals surface area contributed by atoms with E-state index in [4.69, 9.17) is 27.9 Å². The molecule has 0 spiro atoms. The minimum absolute atomic E-state index is 0.241. The van der Waals surface area contributed by atoms with Crippen LogP contribution in [0.4, 0.5) is 0 Å². The third-order valence-corrected chi connectivity index (χ3v) is 2.67. The number of hydrogen-bond donors (Lipinski definition) is 1. The number of allylic oxidation sites excluding steroid dienone is 1. The maximum Gasteiger partial charge on any atom is 0.332 e. The molecule has 0 aromatic heterocycles. The Morgan fingerprint density at radius 1 is 1.37 bits per heavy atom. The molecule has 0 saturated carbocycles. The van der Waals surface area contributed by atoms with Crippen molar-refractivity contribution in [2.75, 3.05) is 6.61 Å². The molecule has 19 heavy (non-hydrogen) atoms. The summed E-state index contributed by atoms with van der Waals surface area (Å²) in [5.74, 6) is -0.956. The number of halogens is 2. The number of benzene rings is 1. The number of carbonyl (C=O) groups is 2. The lowest BCUT2D eigenvalue weighted by Crippen LogP contribution is -2.22. The zero-order chi connectivity index (χ0) is 14.4. The van der Waals surface area contributed by atoms with Gasteiger partial charge in [-0.3, -0.25) is 4.79 Å². The van der Waals surface area contributed by atoms with Crippen molar-refractivity contribution in [1.82, 2.24) is 5.32 Å². The highest BCUT2D eigenvalue weighted by atomic mass is 35.5. The number of amides is 1. The lowest BCUT2D eigenvalue weighted by molar-refractivity contribution is -0.137. The van der Waals surface area contributed by atoms with Crippen LogP contribution in [0.5, 0.6) is 0 Å². The Morgan fingerprint density at radius 3 is 2.68 bits per heavy atom. The number of nitrogens with one attached hydrogen (secondary N) is 1. The summed E-state index contributed by atoms with van der Waals surface area (Å²) in [4.78, 5) is 23.1. The molecule has 0 aliphatic rings. The zero-order valence-corrected chi connectivity index (χ0v) is 12.0. The van der Waals surface area contributed by atoms with Crippen LogP contribution in [-0.2, 0) is 9.53 Å². The smallest absolute Gasteiger partial charge is 0.332 e. The first kappa shape index (κ1) is 15.5. The van der Waals surface area contributed by atoms with Crippen molar-refractivity contribution >= 4 is 35.1 Å². The first-order valence-corrected chi connectivity index (χ1v) is 6.31. The maximum absolute atomic E-state index is 11.9. The van der Waals surface area contributed by atoms with Gasteiger partial charge in [0.25, 0.3) is 5.91 Å². The van der Waals surface area contributed by atoms with E-state index in [9.17, 15) is 9.59 Å². The highest BCUT2D eigenvalue weighted by Crippen LogP contribution is 2.20. The quantitative estimate of drug-likeness (QED) is 0.686. The maximum atomic E-state index is 11.9.